The number of β-amino-alcohol motifs (C(OH)–C–C–N with tert-alkyl or cyclic N) is 1. The Morgan fingerprint density at radius 3 is 2.47 bits per heavy atom. The van der Waals surface area contributed by atoms with Gasteiger partial charge in [-0.25, -0.2) is 18.1 Å². The van der Waals surface area contributed by atoms with E-state index in [4.69, 9.17) is 0 Å². The molecule has 5 heterocycles. The number of thiophene rings is 1. The summed E-state index contributed by atoms with van der Waals surface area (Å²) in [6.07, 6.45) is 4.93. The van der Waals surface area contributed by atoms with E-state index in [2.05, 4.69) is 14.8 Å². The van der Waals surface area contributed by atoms with Crippen LogP contribution in [-0.4, -0.2) is 75.3 Å². The highest BCUT2D eigenvalue weighted by Gasteiger charge is 2.44. The number of rotatable bonds is 8. The van der Waals surface area contributed by atoms with Crippen molar-refractivity contribution >= 4 is 38.1 Å². The minimum Gasteiger partial charge on any atom is -0.389 e. The van der Waals surface area contributed by atoms with Crippen molar-refractivity contribution in [2.75, 3.05) is 22.9 Å². The molecule has 1 saturated heterocycles. The first-order valence-corrected chi connectivity index (χ1v) is 14.6. The topological polar surface area (TPSA) is 144 Å². The molecule has 1 atom stereocenters. The van der Waals surface area contributed by atoms with Gasteiger partial charge in [0.1, 0.15) is 15.0 Å². The number of aromatic nitrogens is 3. The van der Waals surface area contributed by atoms with Crippen LogP contribution in [0.2, 0.25) is 0 Å². The lowest BCUT2D eigenvalue weighted by molar-refractivity contribution is -0.00272. The van der Waals surface area contributed by atoms with Crippen LogP contribution in [0.15, 0.2) is 41.0 Å². The number of aliphatic hydroxyl groups excluding tert-OH is 2. The molecule has 3 aromatic rings. The average Bonchev–Trinajstić information content (AvgIpc) is 3.21. The second-order valence-corrected chi connectivity index (χ2v) is 13.4. The number of sulfonamides is 1. The Balaban J connectivity index is 1.33. The Bertz CT molecular complexity index is 1480. The van der Waals surface area contributed by atoms with E-state index in [-0.39, 0.29) is 29.0 Å². The van der Waals surface area contributed by atoms with E-state index in [0.717, 1.165) is 41.1 Å². The summed E-state index contributed by atoms with van der Waals surface area (Å²) < 4.78 is 30.7. The third-order valence-corrected chi connectivity index (χ3v) is 10.4. The van der Waals surface area contributed by atoms with Crippen molar-refractivity contribution in [3.05, 3.63) is 53.5 Å². The number of carbonyl (C=O) groups is 1. The summed E-state index contributed by atoms with van der Waals surface area (Å²) >= 11 is 0.974. The van der Waals surface area contributed by atoms with E-state index in [9.17, 15) is 23.4 Å². The SMILES string of the molecule is Cn1cc(CN2C(=O)c3cc(S(=O)(=O)NC4(C)CC4)sc3N(Cc3ccc(N4CC(O)C4)nc3)C2O)cn1. The lowest BCUT2D eigenvalue weighted by Gasteiger charge is -2.41. The fourth-order valence-corrected chi connectivity index (χ4v) is 7.58. The van der Waals surface area contributed by atoms with Gasteiger partial charge < -0.3 is 20.0 Å². The smallest absolute Gasteiger partial charge is 0.260 e. The van der Waals surface area contributed by atoms with Gasteiger partial charge in [-0.15, -0.1) is 11.3 Å². The molecule has 3 aliphatic rings. The van der Waals surface area contributed by atoms with E-state index < -0.39 is 27.8 Å². The second kappa shape index (κ2) is 9.02. The van der Waals surface area contributed by atoms with Crippen LogP contribution in [-0.2, 0) is 30.2 Å². The fraction of sp³-hybridized carbons (Fsp3) is 0.458. The molecule has 12 nitrogen and oxygen atoms in total. The van der Waals surface area contributed by atoms with Crippen LogP contribution >= 0.6 is 11.3 Å². The first kappa shape index (κ1) is 25.2. The number of hydrogen-bond acceptors (Lipinski definition) is 10. The first-order valence-electron chi connectivity index (χ1n) is 12.3. The summed E-state index contributed by atoms with van der Waals surface area (Å²) in [5, 5.41) is 25.5. The number of carbonyl (C=O) groups excluding carboxylic acids is 1. The number of aryl methyl sites for hydroxylation is 1. The number of pyridine rings is 1. The van der Waals surface area contributed by atoms with Crippen molar-refractivity contribution in [2.24, 2.45) is 7.05 Å². The second-order valence-electron chi connectivity index (χ2n) is 10.5. The predicted octanol–water partition coefficient (Wildman–Crippen LogP) is 0.827. The van der Waals surface area contributed by atoms with Crippen LogP contribution < -0.4 is 14.5 Å². The highest BCUT2D eigenvalue weighted by molar-refractivity contribution is 7.91. The fourth-order valence-electron chi connectivity index (χ4n) is 4.65. The summed E-state index contributed by atoms with van der Waals surface area (Å²) in [5.74, 6) is 0.296. The molecule has 1 unspecified atom stereocenters. The Morgan fingerprint density at radius 2 is 1.87 bits per heavy atom. The van der Waals surface area contributed by atoms with Gasteiger partial charge >= 0.3 is 0 Å². The van der Waals surface area contributed by atoms with Crippen molar-refractivity contribution in [3.8, 4) is 0 Å². The van der Waals surface area contributed by atoms with Gasteiger partial charge in [0.05, 0.1) is 24.4 Å². The maximum absolute atomic E-state index is 13.5. The molecule has 1 aliphatic carbocycles. The van der Waals surface area contributed by atoms with Crippen molar-refractivity contribution in [1.29, 1.82) is 0 Å². The monoisotopic (exact) mass is 559 g/mol. The van der Waals surface area contributed by atoms with Crippen molar-refractivity contribution in [3.63, 3.8) is 0 Å². The first-order chi connectivity index (χ1) is 18.0. The molecule has 0 spiro atoms. The summed E-state index contributed by atoms with van der Waals surface area (Å²) in [7, 11) is -2.07. The number of nitrogens with one attached hydrogen (secondary N) is 1. The number of fused-ring (bicyclic) bond motifs is 1. The number of anilines is 2. The Morgan fingerprint density at radius 1 is 1.13 bits per heavy atom. The molecule has 0 radical (unpaired) electrons. The molecular weight excluding hydrogens is 530 g/mol. The summed E-state index contributed by atoms with van der Waals surface area (Å²) in [6, 6.07) is 5.13. The van der Waals surface area contributed by atoms with Crippen molar-refractivity contribution in [2.45, 2.75) is 55.1 Å². The number of aliphatic hydroxyl groups is 2. The minimum absolute atomic E-state index is 0.0363. The third kappa shape index (κ3) is 4.66. The predicted molar refractivity (Wildman–Crippen MR) is 140 cm³/mol. The quantitative estimate of drug-likeness (QED) is 0.365. The zero-order valence-corrected chi connectivity index (χ0v) is 22.6. The van der Waals surface area contributed by atoms with Crippen molar-refractivity contribution < 1.29 is 23.4 Å². The largest absolute Gasteiger partial charge is 0.389 e. The summed E-state index contributed by atoms with van der Waals surface area (Å²) in [4.78, 5) is 22.9. The lowest BCUT2D eigenvalue weighted by Crippen LogP contribution is -2.54. The third-order valence-electron chi connectivity index (χ3n) is 7.10. The lowest BCUT2D eigenvalue weighted by atomic mass is 10.1. The highest BCUT2D eigenvalue weighted by Crippen LogP contribution is 2.43. The maximum Gasteiger partial charge on any atom is 0.260 e. The Kier molecular flexibility index (Phi) is 5.99. The van der Waals surface area contributed by atoms with Gasteiger partial charge in [-0.05, 0) is 37.5 Å². The van der Waals surface area contributed by atoms with Crippen LogP contribution in [0.5, 0.6) is 0 Å². The normalized spacial score (nSPS) is 21.0. The van der Waals surface area contributed by atoms with E-state index in [1.807, 2.05) is 24.0 Å². The van der Waals surface area contributed by atoms with Gasteiger partial charge in [-0.3, -0.25) is 14.4 Å². The van der Waals surface area contributed by atoms with Crippen molar-refractivity contribution in [1.82, 2.24) is 24.4 Å². The molecule has 6 rings (SSSR count). The molecule has 2 aliphatic heterocycles. The molecule has 38 heavy (non-hydrogen) atoms. The molecule has 0 aromatic carbocycles. The van der Waals surface area contributed by atoms with Crippen LogP contribution in [0.25, 0.3) is 0 Å². The average molecular weight is 560 g/mol. The van der Waals surface area contributed by atoms with E-state index in [1.54, 1.807) is 35.2 Å². The van der Waals surface area contributed by atoms with Gasteiger partial charge in [-0.2, -0.15) is 5.10 Å². The molecule has 1 amide bonds. The van der Waals surface area contributed by atoms with E-state index in [1.165, 1.54) is 11.0 Å². The Hall–Kier alpha value is -3.04. The zero-order chi connectivity index (χ0) is 26.8. The van der Waals surface area contributed by atoms with Crippen LogP contribution in [0.3, 0.4) is 0 Å². The van der Waals surface area contributed by atoms with Crippen LogP contribution in [0.4, 0.5) is 10.8 Å². The summed E-state index contributed by atoms with van der Waals surface area (Å²) in [5.41, 5.74) is 1.28. The molecule has 3 aromatic heterocycles. The van der Waals surface area contributed by atoms with Gasteiger partial charge in [0.2, 0.25) is 6.35 Å². The molecule has 0 bridgehead atoms. The number of hydrogen-bond donors (Lipinski definition) is 3. The molecule has 3 N–H and O–H groups in total. The van der Waals surface area contributed by atoms with E-state index in [0.29, 0.717) is 18.1 Å². The molecule has 14 heteroatoms. The summed E-state index contributed by atoms with van der Waals surface area (Å²) in [6.45, 7) is 3.22. The maximum atomic E-state index is 13.5. The highest BCUT2D eigenvalue weighted by atomic mass is 32.2. The minimum atomic E-state index is -3.84. The zero-order valence-electron chi connectivity index (χ0n) is 21.0. The van der Waals surface area contributed by atoms with Gasteiger partial charge in [0, 0.05) is 50.2 Å². The van der Waals surface area contributed by atoms with Crippen LogP contribution in [0, 0.1) is 0 Å². The molecular formula is C24H29N7O5S2. The van der Waals surface area contributed by atoms with E-state index >= 15 is 0 Å². The van der Waals surface area contributed by atoms with Gasteiger partial charge in [-0.1, -0.05) is 6.07 Å². The van der Waals surface area contributed by atoms with Gasteiger partial charge in [0.15, 0.2) is 0 Å². The standard InChI is InChI=1S/C24H29N7O5S2/c1-24(5-6-24)27-38(35,36)20-7-18-21(33)30(12-16-9-26-28(2)10-16)23(34)31(22(18)37-20)11-15-3-4-19(25-8-15)29-13-17(32)14-29/h3-4,7-10,17,23,27,32,34H,5-6,11-14H2,1-2H3. The molecule has 202 valence electrons. The molecule has 2 fully saturated rings. The van der Waals surface area contributed by atoms with Crippen LogP contribution in [0.1, 0.15) is 41.3 Å². The Labute approximate surface area is 224 Å². The number of amides is 1. The van der Waals surface area contributed by atoms with Gasteiger partial charge in [0.25, 0.3) is 15.9 Å². The molecule has 1 saturated carbocycles. The number of nitrogens with zero attached hydrogens (tertiary/aromatic N) is 6.